The maximum atomic E-state index is 6.07. The van der Waals surface area contributed by atoms with Crippen LogP contribution >= 0.6 is 12.4 Å². The number of halogens is 1. The van der Waals surface area contributed by atoms with Gasteiger partial charge in [0.1, 0.15) is 11.5 Å². The summed E-state index contributed by atoms with van der Waals surface area (Å²) >= 11 is 0. The minimum atomic E-state index is 0. The van der Waals surface area contributed by atoms with E-state index in [4.69, 9.17) is 10.2 Å². The summed E-state index contributed by atoms with van der Waals surface area (Å²) in [5.41, 5.74) is 6.07. The summed E-state index contributed by atoms with van der Waals surface area (Å²) in [5.74, 6) is 2.59. The molecular weight excluding hydrogens is 210 g/mol. The van der Waals surface area contributed by atoms with Gasteiger partial charge in [0.25, 0.3) is 0 Å². The first-order chi connectivity index (χ1) is 6.67. The van der Waals surface area contributed by atoms with Gasteiger partial charge in [0, 0.05) is 0 Å². The monoisotopic (exact) mass is 231 g/mol. The number of nitrogens with two attached hydrogens (primary N) is 1. The van der Waals surface area contributed by atoms with Crippen LogP contribution in [0.15, 0.2) is 16.5 Å². The van der Waals surface area contributed by atoms with Crippen LogP contribution in [-0.4, -0.2) is 0 Å². The van der Waals surface area contributed by atoms with Gasteiger partial charge in [-0.1, -0.05) is 26.7 Å². The minimum absolute atomic E-state index is 0. The van der Waals surface area contributed by atoms with Gasteiger partial charge in [0.15, 0.2) is 0 Å². The molecule has 1 heterocycles. The molecule has 1 atom stereocenters. The third-order valence-corrected chi connectivity index (χ3v) is 2.87. The third-order valence-electron chi connectivity index (χ3n) is 2.87. The van der Waals surface area contributed by atoms with Crippen molar-refractivity contribution in [1.82, 2.24) is 0 Å². The first-order valence-electron chi connectivity index (χ1n) is 5.49. The Morgan fingerprint density at radius 2 is 1.87 bits per heavy atom. The predicted molar refractivity (Wildman–Crippen MR) is 66.3 cm³/mol. The number of rotatable bonds is 5. The van der Waals surface area contributed by atoms with Crippen molar-refractivity contribution in [1.29, 1.82) is 0 Å². The first-order valence-corrected chi connectivity index (χ1v) is 5.49. The van der Waals surface area contributed by atoms with E-state index >= 15 is 0 Å². The van der Waals surface area contributed by atoms with Gasteiger partial charge in [0.05, 0.1) is 6.04 Å². The van der Waals surface area contributed by atoms with Gasteiger partial charge in [-0.2, -0.15) is 0 Å². The molecule has 2 N–H and O–H groups in total. The van der Waals surface area contributed by atoms with Crippen molar-refractivity contribution in [3.8, 4) is 0 Å². The van der Waals surface area contributed by atoms with E-state index in [2.05, 4.69) is 13.8 Å². The molecule has 0 spiro atoms. The minimum Gasteiger partial charge on any atom is -0.465 e. The van der Waals surface area contributed by atoms with Crippen molar-refractivity contribution in [3.63, 3.8) is 0 Å². The van der Waals surface area contributed by atoms with Gasteiger partial charge in [-0.3, -0.25) is 0 Å². The fourth-order valence-corrected chi connectivity index (χ4v) is 1.75. The molecule has 1 rings (SSSR count). The molecule has 0 saturated carbocycles. The Morgan fingerprint density at radius 1 is 1.27 bits per heavy atom. The highest BCUT2D eigenvalue weighted by molar-refractivity contribution is 5.85. The summed E-state index contributed by atoms with van der Waals surface area (Å²) in [6, 6.07) is 4.03. The van der Waals surface area contributed by atoms with Gasteiger partial charge in [-0.25, -0.2) is 0 Å². The molecule has 0 fully saturated rings. The van der Waals surface area contributed by atoms with Gasteiger partial charge in [-0.15, -0.1) is 12.4 Å². The Hall–Kier alpha value is -0.470. The lowest BCUT2D eigenvalue weighted by molar-refractivity contribution is 0.366. The van der Waals surface area contributed by atoms with Crippen LogP contribution in [0.25, 0.3) is 0 Å². The fourth-order valence-electron chi connectivity index (χ4n) is 1.75. The van der Waals surface area contributed by atoms with Gasteiger partial charge < -0.3 is 10.2 Å². The van der Waals surface area contributed by atoms with E-state index in [0.29, 0.717) is 0 Å². The summed E-state index contributed by atoms with van der Waals surface area (Å²) in [6.07, 6.45) is 3.42. The van der Waals surface area contributed by atoms with E-state index in [9.17, 15) is 0 Å². The molecule has 0 radical (unpaired) electrons. The first kappa shape index (κ1) is 14.5. The van der Waals surface area contributed by atoms with Crippen LogP contribution < -0.4 is 5.73 Å². The highest BCUT2D eigenvalue weighted by Crippen LogP contribution is 2.24. The molecule has 88 valence electrons. The molecule has 1 unspecified atom stereocenters. The van der Waals surface area contributed by atoms with Crippen LogP contribution in [0, 0.1) is 12.8 Å². The molecule has 0 bridgehead atoms. The number of aryl methyl sites for hydroxylation is 1. The normalized spacial score (nSPS) is 12.6. The third kappa shape index (κ3) is 4.27. The van der Waals surface area contributed by atoms with Gasteiger partial charge in [0.2, 0.25) is 0 Å². The molecule has 1 aromatic rings. The zero-order chi connectivity index (χ0) is 10.6. The highest BCUT2D eigenvalue weighted by atomic mass is 35.5. The Morgan fingerprint density at radius 3 is 2.27 bits per heavy atom. The molecule has 1 aromatic heterocycles. The van der Waals surface area contributed by atoms with E-state index < -0.39 is 0 Å². The lowest BCUT2D eigenvalue weighted by atomic mass is 9.94. The Bertz CT molecular complexity index is 268. The van der Waals surface area contributed by atoms with Crippen molar-refractivity contribution < 1.29 is 4.42 Å². The van der Waals surface area contributed by atoms with Crippen LogP contribution in [0.4, 0.5) is 0 Å². The Labute approximate surface area is 98.6 Å². The average Bonchev–Trinajstić information content (AvgIpc) is 2.61. The Kier molecular flexibility index (Phi) is 6.70. The van der Waals surface area contributed by atoms with Crippen LogP contribution in [0.2, 0.25) is 0 Å². The fraction of sp³-hybridized carbons (Fsp3) is 0.667. The maximum Gasteiger partial charge on any atom is 0.120 e. The molecule has 0 aliphatic carbocycles. The summed E-state index contributed by atoms with van der Waals surface area (Å²) < 4.78 is 5.51. The van der Waals surface area contributed by atoms with Crippen molar-refractivity contribution in [3.05, 3.63) is 23.7 Å². The summed E-state index contributed by atoms with van der Waals surface area (Å²) in [6.45, 7) is 6.38. The topological polar surface area (TPSA) is 39.2 Å². The lowest BCUT2D eigenvalue weighted by Gasteiger charge is -2.16. The van der Waals surface area contributed by atoms with Crippen molar-refractivity contribution in [2.75, 3.05) is 0 Å². The number of hydrogen-bond donors (Lipinski definition) is 1. The van der Waals surface area contributed by atoms with E-state index in [0.717, 1.165) is 23.9 Å². The van der Waals surface area contributed by atoms with Crippen molar-refractivity contribution in [2.45, 2.75) is 46.1 Å². The van der Waals surface area contributed by atoms with E-state index in [-0.39, 0.29) is 18.4 Å². The SMILES string of the molecule is CCC(CC)CC(N)c1ccc(C)o1.Cl. The van der Waals surface area contributed by atoms with Crippen LogP contribution in [0.1, 0.15) is 50.7 Å². The molecule has 0 saturated heterocycles. The molecule has 0 amide bonds. The molecule has 3 heteroatoms. The zero-order valence-corrected chi connectivity index (χ0v) is 10.6. The average molecular weight is 232 g/mol. The van der Waals surface area contributed by atoms with Crippen LogP contribution in [0.3, 0.4) is 0 Å². The zero-order valence-electron chi connectivity index (χ0n) is 9.82. The molecule has 0 aliphatic heterocycles. The predicted octanol–water partition coefficient (Wildman–Crippen LogP) is 3.84. The number of furan rings is 1. The van der Waals surface area contributed by atoms with Gasteiger partial charge in [-0.05, 0) is 31.4 Å². The molecule has 0 aromatic carbocycles. The standard InChI is InChI=1S/C12H21NO.ClH/c1-4-10(5-2)8-11(13)12-7-6-9(3)14-12;/h6-7,10-11H,4-5,8,13H2,1-3H3;1H. The maximum absolute atomic E-state index is 6.07. The molecule has 15 heavy (non-hydrogen) atoms. The summed E-state index contributed by atoms with van der Waals surface area (Å²) in [5, 5.41) is 0. The smallest absolute Gasteiger partial charge is 0.120 e. The van der Waals surface area contributed by atoms with Crippen LogP contribution in [-0.2, 0) is 0 Å². The van der Waals surface area contributed by atoms with E-state index in [1.54, 1.807) is 0 Å². The molecule has 2 nitrogen and oxygen atoms in total. The van der Waals surface area contributed by atoms with E-state index in [1.165, 1.54) is 12.8 Å². The molecule has 0 aliphatic rings. The van der Waals surface area contributed by atoms with Crippen LogP contribution in [0.5, 0.6) is 0 Å². The quantitative estimate of drug-likeness (QED) is 0.837. The highest BCUT2D eigenvalue weighted by Gasteiger charge is 2.14. The second-order valence-corrected chi connectivity index (χ2v) is 3.97. The Balaban J connectivity index is 0.00000196. The lowest BCUT2D eigenvalue weighted by Crippen LogP contribution is -2.14. The van der Waals surface area contributed by atoms with Crippen molar-refractivity contribution >= 4 is 12.4 Å². The number of hydrogen-bond acceptors (Lipinski definition) is 2. The van der Waals surface area contributed by atoms with Crippen molar-refractivity contribution in [2.24, 2.45) is 11.7 Å². The summed E-state index contributed by atoms with van der Waals surface area (Å²) in [7, 11) is 0. The second kappa shape index (κ2) is 6.91. The second-order valence-electron chi connectivity index (χ2n) is 3.97. The summed E-state index contributed by atoms with van der Waals surface area (Å²) in [4.78, 5) is 0. The largest absolute Gasteiger partial charge is 0.465 e. The van der Waals surface area contributed by atoms with Gasteiger partial charge >= 0.3 is 0 Å². The van der Waals surface area contributed by atoms with E-state index in [1.807, 2.05) is 19.1 Å². The molecular formula is C12H22ClNO.